The number of hydrogen-bond donors (Lipinski definition) is 1. The van der Waals surface area contributed by atoms with E-state index in [-0.39, 0.29) is 12.3 Å². The molecular weight excluding hydrogens is 572 g/mol. The number of alkyl halides is 2. The number of nitrogens with one attached hydrogen (secondary N) is 1. The minimum absolute atomic E-state index is 0.0696. The highest BCUT2D eigenvalue weighted by atomic mass is 19.3. The van der Waals surface area contributed by atoms with Gasteiger partial charge in [-0.15, -0.1) is 0 Å². The van der Waals surface area contributed by atoms with Gasteiger partial charge in [-0.05, 0) is 57.4 Å². The molecule has 0 bridgehead atoms. The first-order valence-electron chi connectivity index (χ1n) is 14.6. The third-order valence-corrected chi connectivity index (χ3v) is 7.73. The van der Waals surface area contributed by atoms with Gasteiger partial charge in [0.05, 0.1) is 50.2 Å². The van der Waals surface area contributed by atoms with E-state index in [9.17, 15) is 18.4 Å². The Morgan fingerprint density at radius 1 is 1.09 bits per heavy atom. The van der Waals surface area contributed by atoms with E-state index in [1.165, 1.54) is 4.90 Å². The van der Waals surface area contributed by atoms with Crippen molar-refractivity contribution in [1.29, 1.82) is 0 Å². The molecular formula is C31H35F2N7O4. The van der Waals surface area contributed by atoms with Crippen LogP contribution in [0.1, 0.15) is 43.2 Å². The molecule has 0 aliphatic carbocycles. The normalized spacial score (nSPS) is 17.2. The van der Waals surface area contributed by atoms with Gasteiger partial charge >= 0.3 is 6.09 Å². The molecule has 3 aliphatic heterocycles. The molecule has 2 amide bonds. The number of nitrogens with zero attached hydrogens (tertiary/aromatic N) is 6. The number of anilines is 4. The Kier molecular flexibility index (Phi) is 7.50. The Morgan fingerprint density at radius 3 is 2.55 bits per heavy atom. The van der Waals surface area contributed by atoms with Gasteiger partial charge in [0, 0.05) is 24.0 Å². The second-order valence-corrected chi connectivity index (χ2v) is 12.3. The minimum Gasteiger partial charge on any atom is -0.474 e. The predicted molar refractivity (Wildman–Crippen MR) is 160 cm³/mol. The van der Waals surface area contributed by atoms with Crippen LogP contribution in [-0.2, 0) is 28.9 Å². The number of halogens is 2. The zero-order valence-corrected chi connectivity index (χ0v) is 25.2. The highest BCUT2D eigenvalue weighted by Crippen LogP contribution is 2.40. The third-order valence-electron chi connectivity index (χ3n) is 7.73. The van der Waals surface area contributed by atoms with E-state index >= 15 is 0 Å². The van der Waals surface area contributed by atoms with E-state index < -0.39 is 30.7 Å². The second-order valence-electron chi connectivity index (χ2n) is 12.3. The zero-order valence-electron chi connectivity index (χ0n) is 25.2. The summed E-state index contributed by atoms with van der Waals surface area (Å²) in [5.74, 6) is -2.24. The van der Waals surface area contributed by atoms with Crippen LogP contribution < -0.4 is 19.9 Å². The van der Waals surface area contributed by atoms with Crippen LogP contribution in [0.5, 0.6) is 5.88 Å². The molecule has 232 valence electrons. The molecule has 1 saturated heterocycles. The molecule has 1 aromatic carbocycles. The maximum absolute atomic E-state index is 13.1. The van der Waals surface area contributed by atoms with Crippen molar-refractivity contribution in [1.82, 2.24) is 19.9 Å². The van der Waals surface area contributed by atoms with Gasteiger partial charge < -0.3 is 24.6 Å². The Morgan fingerprint density at radius 2 is 1.84 bits per heavy atom. The first kappa shape index (κ1) is 29.5. The fourth-order valence-electron chi connectivity index (χ4n) is 5.53. The van der Waals surface area contributed by atoms with Gasteiger partial charge in [-0.25, -0.2) is 28.5 Å². The number of ether oxygens (including phenoxy) is 2. The fraction of sp³-hybridized carbons (Fsp3) is 0.452. The molecule has 13 heteroatoms. The first-order chi connectivity index (χ1) is 20.8. The van der Waals surface area contributed by atoms with E-state index in [4.69, 9.17) is 14.5 Å². The van der Waals surface area contributed by atoms with Crippen molar-refractivity contribution in [2.24, 2.45) is 0 Å². The SMILES string of the molecule is Cc1c(N2CCc3cnc(Nc4ccc(CC(=O)N5CC(F)(F)C5)cc4)nc3C2)cnc2c1N(C(=O)OC(C)(C)C)CCO2. The van der Waals surface area contributed by atoms with Crippen molar-refractivity contribution < 1.29 is 27.8 Å². The molecule has 1 N–H and O–H groups in total. The van der Waals surface area contributed by atoms with Gasteiger partial charge in [0.15, 0.2) is 0 Å². The summed E-state index contributed by atoms with van der Waals surface area (Å²) in [6, 6.07) is 7.19. The number of amides is 2. The maximum atomic E-state index is 13.1. The van der Waals surface area contributed by atoms with Crippen LogP contribution in [0.25, 0.3) is 0 Å². The van der Waals surface area contributed by atoms with Crippen molar-refractivity contribution in [3.8, 4) is 5.88 Å². The summed E-state index contributed by atoms with van der Waals surface area (Å²) in [4.78, 5) is 44.0. The average Bonchev–Trinajstić information content (AvgIpc) is 2.95. The Labute approximate surface area is 254 Å². The summed E-state index contributed by atoms with van der Waals surface area (Å²) >= 11 is 0. The molecule has 2 aromatic heterocycles. The van der Waals surface area contributed by atoms with E-state index in [1.54, 1.807) is 23.2 Å². The van der Waals surface area contributed by atoms with Crippen LogP contribution in [-0.4, -0.2) is 76.2 Å². The standard InChI is InChI=1S/C31H35F2N7O4/c1-19-24(15-34-27-26(19)40(11-12-43-27)29(42)44-30(2,3)4)38-10-9-21-14-35-28(37-23(21)16-38)36-22-7-5-20(6-8-22)13-25(41)39-17-31(32,33)18-39/h5-8,14-15H,9-13,16-18H2,1-4H3,(H,35,36,37). The lowest BCUT2D eigenvalue weighted by Gasteiger charge is -2.38. The summed E-state index contributed by atoms with van der Waals surface area (Å²) in [6.45, 7) is 8.40. The monoisotopic (exact) mass is 607 g/mol. The molecule has 6 rings (SSSR count). The first-order valence-corrected chi connectivity index (χ1v) is 14.6. The summed E-state index contributed by atoms with van der Waals surface area (Å²) in [7, 11) is 0. The maximum Gasteiger partial charge on any atom is 0.415 e. The van der Waals surface area contributed by atoms with E-state index in [0.29, 0.717) is 37.2 Å². The topological polar surface area (TPSA) is 113 Å². The predicted octanol–water partition coefficient (Wildman–Crippen LogP) is 4.64. The fourth-order valence-corrected chi connectivity index (χ4v) is 5.53. The van der Waals surface area contributed by atoms with E-state index in [0.717, 1.165) is 46.7 Å². The Hall–Kier alpha value is -4.55. The molecule has 0 radical (unpaired) electrons. The van der Waals surface area contributed by atoms with Crippen molar-refractivity contribution in [2.45, 2.75) is 58.6 Å². The number of likely N-dealkylation sites (tertiary alicyclic amines) is 1. The zero-order chi connectivity index (χ0) is 31.2. The Balaban J connectivity index is 1.14. The van der Waals surface area contributed by atoms with Crippen LogP contribution in [0.2, 0.25) is 0 Å². The lowest BCUT2D eigenvalue weighted by atomic mass is 10.0. The molecule has 0 atom stereocenters. The molecule has 11 nitrogen and oxygen atoms in total. The number of pyridine rings is 1. The van der Waals surface area contributed by atoms with Crippen LogP contribution in [0.3, 0.4) is 0 Å². The second kappa shape index (κ2) is 11.2. The number of rotatable bonds is 5. The molecule has 3 aliphatic rings. The molecule has 1 fully saturated rings. The summed E-state index contributed by atoms with van der Waals surface area (Å²) in [5.41, 5.74) is 5.15. The van der Waals surface area contributed by atoms with Gasteiger partial charge in [0.2, 0.25) is 17.7 Å². The van der Waals surface area contributed by atoms with Crippen molar-refractivity contribution in [2.75, 3.05) is 47.9 Å². The minimum atomic E-state index is -2.77. The van der Waals surface area contributed by atoms with Gasteiger partial charge in [-0.3, -0.25) is 9.69 Å². The number of fused-ring (bicyclic) bond motifs is 2. The summed E-state index contributed by atoms with van der Waals surface area (Å²) < 4.78 is 37.6. The number of benzene rings is 1. The molecule has 44 heavy (non-hydrogen) atoms. The van der Waals surface area contributed by atoms with Crippen LogP contribution >= 0.6 is 0 Å². The molecule has 0 unspecified atom stereocenters. The summed E-state index contributed by atoms with van der Waals surface area (Å²) in [5, 5.41) is 3.21. The van der Waals surface area contributed by atoms with Crippen LogP contribution in [0, 0.1) is 6.92 Å². The number of hydrogen-bond acceptors (Lipinski definition) is 9. The lowest BCUT2D eigenvalue weighted by Crippen LogP contribution is -2.58. The molecule has 5 heterocycles. The summed E-state index contributed by atoms with van der Waals surface area (Å²) in [6.07, 6.45) is 3.98. The van der Waals surface area contributed by atoms with Crippen LogP contribution in [0.15, 0.2) is 36.7 Å². The van der Waals surface area contributed by atoms with Gasteiger partial charge in [-0.2, -0.15) is 0 Å². The van der Waals surface area contributed by atoms with Gasteiger partial charge in [0.1, 0.15) is 17.9 Å². The molecule has 0 saturated carbocycles. The highest BCUT2D eigenvalue weighted by Gasteiger charge is 2.46. The number of carbonyl (C=O) groups is 2. The van der Waals surface area contributed by atoms with Crippen molar-refractivity contribution in [3.63, 3.8) is 0 Å². The molecule has 3 aromatic rings. The molecule has 0 spiro atoms. The highest BCUT2D eigenvalue weighted by molar-refractivity contribution is 5.92. The average molecular weight is 608 g/mol. The largest absolute Gasteiger partial charge is 0.474 e. The van der Waals surface area contributed by atoms with Gasteiger partial charge in [-0.1, -0.05) is 12.1 Å². The van der Waals surface area contributed by atoms with E-state index in [1.807, 2.05) is 46.0 Å². The quantitative estimate of drug-likeness (QED) is 0.443. The van der Waals surface area contributed by atoms with Crippen molar-refractivity contribution in [3.05, 3.63) is 59.0 Å². The van der Waals surface area contributed by atoms with E-state index in [2.05, 4.69) is 20.2 Å². The Bertz CT molecular complexity index is 1590. The lowest BCUT2D eigenvalue weighted by molar-refractivity contribution is -0.165. The third kappa shape index (κ3) is 6.22. The number of aromatic nitrogens is 3. The smallest absolute Gasteiger partial charge is 0.415 e. The van der Waals surface area contributed by atoms with Crippen molar-refractivity contribution >= 4 is 35.0 Å². The number of carbonyl (C=O) groups excluding carboxylic acids is 2. The van der Waals surface area contributed by atoms with Crippen LogP contribution in [0.4, 0.5) is 36.6 Å². The van der Waals surface area contributed by atoms with Gasteiger partial charge in [0.25, 0.3) is 5.92 Å².